The highest BCUT2D eigenvalue weighted by molar-refractivity contribution is 7.10. The quantitative estimate of drug-likeness (QED) is 0.678. The van der Waals surface area contributed by atoms with E-state index in [0.29, 0.717) is 0 Å². The summed E-state index contributed by atoms with van der Waals surface area (Å²) < 4.78 is 5.19. The number of thiophene rings is 1. The molecule has 0 unspecified atom stereocenters. The van der Waals surface area contributed by atoms with E-state index in [2.05, 4.69) is 5.32 Å². The van der Waals surface area contributed by atoms with Gasteiger partial charge in [-0.15, -0.1) is 11.3 Å². The van der Waals surface area contributed by atoms with Crippen LogP contribution in [0, 0.1) is 0 Å². The standard InChI is InChI=1S/C9H16N2OS/c1-12-8-3-6-13-9(8)7-11-5-2-4-10/h3,6,11H,2,4-5,7,10H2,1H3. The fourth-order valence-corrected chi connectivity index (χ4v) is 1.88. The van der Waals surface area contributed by atoms with Crippen molar-refractivity contribution < 1.29 is 4.74 Å². The van der Waals surface area contributed by atoms with E-state index < -0.39 is 0 Å². The van der Waals surface area contributed by atoms with Crippen LogP contribution in [0.25, 0.3) is 0 Å². The number of rotatable bonds is 6. The zero-order chi connectivity index (χ0) is 9.52. The highest BCUT2D eigenvalue weighted by Gasteiger charge is 2.02. The molecule has 3 nitrogen and oxygen atoms in total. The Kier molecular flexibility index (Phi) is 4.82. The Labute approximate surface area is 82.9 Å². The molecule has 1 rings (SSSR count). The molecule has 0 saturated carbocycles. The van der Waals surface area contributed by atoms with Crippen molar-refractivity contribution in [2.45, 2.75) is 13.0 Å². The molecule has 13 heavy (non-hydrogen) atoms. The molecule has 0 bridgehead atoms. The Hall–Kier alpha value is -0.580. The average Bonchev–Trinajstić information content (AvgIpc) is 2.60. The number of hydrogen-bond acceptors (Lipinski definition) is 4. The zero-order valence-electron chi connectivity index (χ0n) is 7.88. The van der Waals surface area contributed by atoms with E-state index in [1.165, 1.54) is 4.88 Å². The van der Waals surface area contributed by atoms with Crippen molar-refractivity contribution in [2.24, 2.45) is 5.73 Å². The summed E-state index contributed by atoms with van der Waals surface area (Å²) >= 11 is 1.71. The largest absolute Gasteiger partial charge is 0.496 e. The molecule has 0 aliphatic carbocycles. The van der Waals surface area contributed by atoms with Crippen LogP contribution in [0.2, 0.25) is 0 Å². The molecular weight excluding hydrogens is 184 g/mol. The summed E-state index contributed by atoms with van der Waals surface area (Å²) in [6, 6.07) is 1.99. The van der Waals surface area contributed by atoms with Crippen LogP contribution in [0.1, 0.15) is 11.3 Å². The first-order valence-corrected chi connectivity index (χ1v) is 5.27. The van der Waals surface area contributed by atoms with E-state index >= 15 is 0 Å². The lowest BCUT2D eigenvalue weighted by Gasteiger charge is -2.03. The van der Waals surface area contributed by atoms with Gasteiger partial charge in [-0.05, 0) is 31.0 Å². The van der Waals surface area contributed by atoms with Crippen molar-refractivity contribution >= 4 is 11.3 Å². The predicted octanol–water partition coefficient (Wildman–Crippen LogP) is 1.20. The minimum atomic E-state index is 0.745. The van der Waals surface area contributed by atoms with E-state index in [1.807, 2.05) is 11.4 Å². The van der Waals surface area contributed by atoms with Gasteiger partial charge in [0.2, 0.25) is 0 Å². The van der Waals surface area contributed by atoms with E-state index in [-0.39, 0.29) is 0 Å². The highest BCUT2D eigenvalue weighted by atomic mass is 32.1. The first-order valence-electron chi connectivity index (χ1n) is 4.39. The van der Waals surface area contributed by atoms with Gasteiger partial charge in [-0.2, -0.15) is 0 Å². The first kappa shape index (κ1) is 10.5. The maximum absolute atomic E-state index is 5.38. The third-order valence-corrected chi connectivity index (χ3v) is 2.67. The van der Waals surface area contributed by atoms with Crippen molar-refractivity contribution in [3.8, 4) is 5.75 Å². The summed E-state index contributed by atoms with van der Waals surface area (Å²) in [6.45, 7) is 2.59. The van der Waals surface area contributed by atoms with Crippen molar-refractivity contribution in [1.82, 2.24) is 5.32 Å². The Morgan fingerprint density at radius 1 is 1.62 bits per heavy atom. The number of methoxy groups -OCH3 is 1. The van der Waals surface area contributed by atoms with Gasteiger partial charge in [0.15, 0.2) is 0 Å². The molecule has 0 aromatic carbocycles. The highest BCUT2D eigenvalue weighted by Crippen LogP contribution is 2.23. The normalized spacial score (nSPS) is 10.3. The molecule has 0 atom stereocenters. The fourth-order valence-electron chi connectivity index (χ4n) is 1.07. The zero-order valence-corrected chi connectivity index (χ0v) is 8.69. The SMILES string of the molecule is COc1ccsc1CNCCCN. The van der Waals surface area contributed by atoms with E-state index in [4.69, 9.17) is 10.5 Å². The van der Waals surface area contributed by atoms with Gasteiger partial charge in [-0.1, -0.05) is 0 Å². The minimum absolute atomic E-state index is 0.745. The number of ether oxygens (including phenoxy) is 1. The van der Waals surface area contributed by atoms with E-state index in [9.17, 15) is 0 Å². The van der Waals surface area contributed by atoms with Gasteiger partial charge < -0.3 is 15.8 Å². The van der Waals surface area contributed by atoms with Crippen LogP contribution in [-0.2, 0) is 6.54 Å². The lowest BCUT2D eigenvalue weighted by atomic mass is 10.4. The second-order valence-electron chi connectivity index (χ2n) is 2.73. The second-order valence-corrected chi connectivity index (χ2v) is 3.73. The van der Waals surface area contributed by atoms with Gasteiger partial charge in [0.25, 0.3) is 0 Å². The van der Waals surface area contributed by atoms with Gasteiger partial charge in [0.05, 0.1) is 12.0 Å². The fraction of sp³-hybridized carbons (Fsp3) is 0.556. The number of nitrogens with two attached hydrogens (primary N) is 1. The Morgan fingerprint density at radius 2 is 2.46 bits per heavy atom. The predicted molar refractivity (Wildman–Crippen MR) is 56.2 cm³/mol. The van der Waals surface area contributed by atoms with E-state index in [0.717, 1.165) is 31.8 Å². The van der Waals surface area contributed by atoms with Crippen LogP contribution >= 0.6 is 11.3 Å². The molecule has 0 amide bonds. The van der Waals surface area contributed by atoms with Gasteiger partial charge in [0, 0.05) is 6.54 Å². The molecule has 3 N–H and O–H groups in total. The van der Waals surface area contributed by atoms with Gasteiger partial charge in [-0.3, -0.25) is 0 Å². The molecule has 0 aliphatic heterocycles. The molecule has 4 heteroatoms. The lowest BCUT2D eigenvalue weighted by Crippen LogP contribution is -2.17. The molecule has 0 fully saturated rings. The number of nitrogens with one attached hydrogen (secondary N) is 1. The van der Waals surface area contributed by atoms with Crippen LogP contribution in [-0.4, -0.2) is 20.2 Å². The average molecular weight is 200 g/mol. The maximum Gasteiger partial charge on any atom is 0.134 e. The minimum Gasteiger partial charge on any atom is -0.496 e. The molecule has 0 spiro atoms. The molecule has 74 valence electrons. The van der Waals surface area contributed by atoms with Crippen molar-refractivity contribution in [3.05, 3.63) is 16.3 Å². The summed E-state index contributed by atoms with van der Waals surface area (Å²) in [7, 11) is 1.70. The number of hydrogen-bond donors (Lipinski definition) is 2. The molecular formula is C9H16N2OS. The summed E-state index contributed by atoms with van der Waals surface area (Å²) in [4.78, 5) is 1.25. The summed E-state index contributed by atoms with van der Waals surface area (Å²) in [5, 5.41) is 5.35. The van der Waals surface area contributed by atoms with Crippen LogP contribution < -0.4 is 15.8 Å². The molecule has 1 aromatic heterocycles. The lowest BCUT2D eigenvalue weighted by molar-refractivity contribution is 0.410. The summed E-state index contributed by atoms with van der Waals surface area (Å²) in [6.07, 6.45) is 1.02. The third kappa shape index (κ3) is 3.34. The molecule has 0 saturated heterocycles. The molecule has 0 aliphatic rings. The monoisotopic (exact) mass is 200 g/mol. The van der Waals surface area contributed by atoms with Crippen LogP contribution in [0.4, 0.5) is 0 Å². The molecule has 0 radical (unpaired) electrons. The Balaban J connectivity index is 2.27. The van der Waals surface area contributed by atoms with Crippen molar-refractivity contribution in [3.63, 3.8) is 0 Å². The van der Waals surface area contributed by atoms with Gasteiger partial charge in [0.1, 0.15) is 5.75 Å². The van der Waals surface area contributed by atoms with Crippen LogP contribution in [0.3, 0.4) is 0 Å². The molecule has 1 heterocycles. The molecule has 1 aromatic rings. The summed E-state index contributed by atoms with van der Waals surface area (Å²) in [5.74, 6) is 0.977. The second kappa shape index (κ2) is 5.96. The topological polar surface area (TPSA) is 47.3 Å². The van der Waals surface area contributed by atoms with E-state index in [1.54, 1.807) is 18.4 Å². The van der Waals surface area contributed by atoms with Gasteiger partial charge >= 0.3 is 0 Å². The Morgan fingerprint density at radius 3 is 3.15 bits per heavy atom. The van der Waals surface area contributed by atoms with Crippen LogP contribution in [0.5, 0.6) is 5.75 Å². The third-order valence-electron chi connectivity index (χ3n) is 1.77. The van der Waals surface area contributed by atoms with Crippen LogP contribution in [0.15, 0.2) is 11.4 Å². The Bertz CT molecular complexity index is 237. The van der Waals surface area contributed by atoms with Crippen molar-refractivity contribution in [1.29, 1.82) is 0 Å². The smallest absolute Gasteiger partial charge is 0.134 e. The summed E-state index contributed by atoms with van der Waals surface area (Å²) in [5.41, 5.74) is 5.38. The van der Waals surface area contributed by atoms with Gasteiger partial charge in [-0.25, -0.2) is 0 Å². The first-order chi connectivity index (χ1) is 6.38. The maximum atomic E-state index is 5.38. The van der Waals surface area contributed by atoms with Crippen molar-refractivity contribution in [2.75, 3.05) is 20.2 Å².